The number of rotatable bonds is 4. The van der Waals surface area contributed by atoms with Crippen molar-refractivity contribution in [1.29, 1.82) is 0 Å². The number of carbonyl (C=O) groups is 2. The molecule has 1 aliphatic rings. The van der Waals surface area contributed by atoms with E-state index in [2.05, 4.69) is 21.4 Å². The van der Waals surface area contributed by atoms with Crippen molar-refractivity contribution >= 4 is 29.0 Å². The quantitative estimate of drug-likeness (QED) is 0.700. The minimum absolute atomic E-state index is 0.0164. The fraction of sp³-hybridized carbons (Fsp3) is 0.182. The summed E-state index contributed by atoms with van der Waals surface area (Å²) in [5, 5.41) is 3.07. The summed E-state index contributed by atoms with van der Waals surface area (Å²) in [6.45, 7) is 2.19. The highest BCUT2D eigenvalue weighted by Crippen LogP contribution is 2.28. The lowest BCUT2D eigenvalue weighted by atomic mass is 10.0. The Morgan fingerprint density at radius 2 is 1.93 bits per heavy atom. The van der Waals surface area contributed by atoms with E-state index in [1.165, 1.54) is 12.5 Å². The van der Waals surface area contributed by atoms with Gasteiger partial charge >= 0.3 is 0 Å². The summed E-state index contributed by atoms with van der Waals surface area (Å²) in [5.74, 6) is 0.157. The van der Waals surface area contributed by atoms with E-state index in [1.54, 1.807) is 35.4 Å². The number of nitrogens with one attached hydrogen (secondary N) is 1. The molecule has 1 aromatic heterocycles. The standard InChI is InChI=1S/C22H20N4O2/c1-15(27)17-7-4-9-18(14-17)24-22-23-12-11-19(25-22)21(28)26-13-5-8-16-6-2-3-10-20(16)26/h2-4,6-7,9-12,14H,5,8,13H2,1H3,(H,23,24,25). The van der Waals surface area contributed by atoms with E-state index in [-0.39, 0.29) is 11.7 Å². The number of para-hydroxylation sites is 1. The van der Waals surface area contributed by atoms with Crippen LogP contribution in [0.15, 0.2) is 60.8 Å². The molecule has 0 unspecified atom stereocenters. The molecule has 2 aromatic carbocycles. The zero-order chi connectivity index (χ0) is 19.5. The van der Waals surface area contributed by atoms with Gasteiger partial charge in [-0.05, 0) is 49.6 Å². The van der Waals surface area contributed by atoms with Gasteiger partial charge in [0.2, 0.25) is 5.95 Å². The number of anilines is 3. The molecular formula is C22H20N4O2. The average Bonchev–Trinajstić information content (AvgIpc) is 2.73. The summed E-state index contributed by atoms with van der Waals surface area (Å²) in [4.78, 5) is 35.0. The van der Waals surface area contributed by atoms with Crippen molar-refractivity contribution in [3.05, 3.63) is 77.6 Å². The Bertz CT molecular complexity index is 1050. The summed E-state index contributed by atoms with van der Waals surface area (Å²) in [6, 6.07) is 16.7. The fourth-order valence-electron chi connectivity index (χ4n) is 3.37. The molecule has 0 radical (unpaired) electrons. The van der Waals surface area contributed by atoms with E-state index in [0.717, 1.165) is 18.5 Å². The number of aromatic nitrogens is 2. The largest absolute Gasteiger partial charge is 0.324 e. The van der Waals surface area contributed by atoms with E-state index in [0.29, 0.717) is 29.4 Å². The Labute approximate surface area is 163 Å². The van der Waals surface area contributed by atoms with Gasteiger partial charge < -0.3 is 10.2 Å². The lowest BCUT2D eigenvalue weighted by molar-refractivity contribution is 0.0978. The first-order chi connectivity index (χ1) is 13.6. The monoisotopic (exact) mass is 372 g/mol. The summed E-state index contributed by atoms with van der Waals surface area (Å²) in [5.41, 5.74) is 3.75. The second-order valence-electron chi connectivity index (χ2n) is 6.72. The van der Waals surface area contributed by atoms with Crippen LogP contribution in [0.5, 0.6) is 0 Å². The molecular weight excluding hydrogens is 352 g/mol. The molecule has 0 saturated carbocycles. The number of hydrogen-bond acceptors (Lipinski definition) is 5. The summed E-state index contributed by atoms with van der Waals surface area (Å²) < 4.78 is 0. The Balaban J connectivity index is 1.58. The first kappa shape index (κ1) is 17.9. The van der Waals surface area contributed by atoms with E-state index in [1.807, 2.05) is 24.3 Å². The lowest BCUT2D eigenvalue weighted by Crippen LogP contribution is -2.36. The van der Waals surface area contributed by atoms with Gasteiger partial charge in [0, 0.05) is 29.7 Å². The van der Waals surface area contributed by atoms with Crippen molar-refractivity contribution in [3.63, 3.8) is 0 Å². The van der Waals surface area contributed by atoms with Gasteiger partial charge in [0.25, 0.3) is 5.91 Å². The van der Waals surface area contributed by atoms with Crippen LogP contribution in [0.3, 0.4) is 0 Å². The predicted octanol–water partition coefficient (Wildman–Crippen LogP) is 4.02. The lowest BCUT2D eigenvalue weighted by Gasteiger charge is -2.29. The van der Waals surface area contributed by atoms with E-state index in [9.17, 15) is 9.59 Å². The molecule has 0 spiro atoms. The van der Waals surface area contributed by atoms with Crippen molar-refractivity contribution in [1.82, 2.24) is 9.97 Å². The molecule has 6 nitrogen and oxygen atoms in total. The Hall–Kier alpha value is -3.54. The Kier molecular flexibility index (Phi) is 4.85. The fourth-order valence-corrected chi connectivity index (χ4v) is 3.37. The van der Waals surface area contributed by atoms with Crippen molar-refractivity contribution < 1.29 is 9.59 Å². The molecule has 0 saturated heterocycles. The van der Waals surface area contributed by atoms with Gasteiger partial charge in [0.05, 0.1) is 0 Å². The molecule has 28 heavy (non-hydrogen) atoms. The highest BCUT2D eigenvalue weighted by Gasteiger charge is 2.24. The summed E-state index contributed by atoms with van der Waals surface area (Å²) in [6.07, 6.45) is 3.47. The molecule has 2 heterocycles. The Morgan fingerprint density at radius 3 is 2.79 bits per heavy atom. The number of amides is 1. The number of benzene rings is 2. The number of hydrogen-bond donors (Lipinski definition) is 1. The maximum absolute atomic E-state index is 13.1. The van der Waals surface area contributed by atoms with E-state index < -0.39 is 0 Å². The maximum atomic E-state index is 13.1. The molecule has 0 atom stereocenters. The number of Topliss-reactive ketones (excluding diaryl/α,β-unsaturated/α-hetero) is 1. The second kappa shape index (κ2) is 7.60. The third-order valence-corrected chi connectivity index (χ3v) is 4.76. The van der Waals surface area contributed by atoms with Crippen LogP contribution in [0, 0.1) is 0 Å². The highest BCUT2D eigenvalue weighted by molar-refractivity contribution is 6.05. The maximum Gasteiger partial charge on any atom is 0.277 e. The first-order valence-electron chi connectivity index (χ1n) is 9.22. The van der Waals surface area contributed by atoms with Gasteiger partial charge in [-0.2, -0.15) is 0 Å². The molecule has 6 heteroatoms. The number of aryl methyl sites for hydroxylation is 1. The Morgan fingerprint density at radius 1 is 1.07 bits per heavy atom. The van der Waals surface area contributed by atoms with E-state index in [4.69, 9.17) is 0 Å². The van der Waals surface area contributed by atoms with Crippen LogP contribution in [-0.4, -0.2) is 28.2 Å². The van der Waals surface area contributed by atoms with Crippen molar-refractivity contribution in [2.45, 2.75) is 19.8 Å². The third-order valence-electron chi connectivity index (χ3n) is 4.76. The first-order valence-corrected chi connectivity index (χ1v) is 9.22. The number of carbonyl (C=O) groups excluding carboxylic acids is 2. The van der Waals surface area contributed by atoms with Crippen LogP contribution in [0.25, 0.3) is 0 Å². The normalized spacial score (nSPS) is 13.0. The molecule has 1 amide bonds. The van der Waals surface area contributed by atoms with Crippen LogP contribution < -0.4 is 10.2 Å². The molecule has 1 aliphatic heterocycles. The number of nitrogens with zero attached hydrogens (tertiary/aromatic N) is 3. The highest BCUT2D eigenvalue weighted by atomic mass is 16.2. The summed E-state index contributed by atoms with van der Waals surface area (Å²) in [7, 11) is 0. The van der Waals surface area contributed by atoms with Gasteiger partial charge in [-0.25, -0.2) is 9.97 Å². The van der Waals surface area contributed by atoms with Crippen LogP contribution in [-0.2, 0) is 6.42 Å². The van der Waals surface area contributed by atoms with E-state index >= 15 is 0 Å². The molecule has 0 bridgehead atoms. The third kappa shape index (κ3) is 3.62. The van der Waals surface area contributed by atoms with Gasteiger partial charge in [-0.1, -0.05) is 30.3 Å². The minimum atomic E-state index is -0.143. The minimum Gasteiger partial charge on any atom is -0.324 e. The van der Waals surface area contributed by atoms with Crippen LogP contribution in [0.1, 0.15) is 39.8 Å². The molecule has 140 valence electrons. The zero-order valence-electron chi connectivity index (χ0n) is 15.6. The average molecular weight is 372 g/mol. The molecule has 4 rings (SSSR count). The molecule has 0 aliphatic carbocycles. The van der Waals surface area contributed by atoms with Gasteiger partial charge in [0.1, 0.15) is 5.69 Å². The number of fused-ring (bicyclic) bond motifs is 1. The topological polar surface area (TPSA) is 75.2 Å². The van der Waals surface area contributed by atoms with Gasteiger partial charge in [-0.15, -0.1) is 0 Å². The van der Waals surface area contributed by atoms with Crippen LogP contribution in [0.2, 0.25) is 0 Å². The van der Waals surface area contributed by atoms with Gasteiger partial charge in [0.15, 0.2) is 5.78 Å². The second-order valence-corrected chi connectivity index (χ2v) is 6.72. The summed E-state index contributed by atoms with van der Waals surface area (Å²) >= 11 is 0. The molecule has 3 aromatic rings. The van der Waals surface area contributed by atoms with Crippen molar-refractivity contribution in [3.8, 4) is 0 Å². The molecule has 1 N–H and O–H groups in total. The number of ketones is 1. The van der Waals surface area contributed by atoms with Crippen molar-refractivity contribution in [2.24, 2.45) is 0 Å². The van der Waals surface area contributed by atoms with Crippen molar-refractivity contribution in [2.75, 3.05) is 16.8 Å². The zero-order valence-corrected chi connectivity index (χ0v) is 15.6. The smallest absolute Gasteiger partial charge is 0.277 e. The van der Waals surface area contributed by atoms with Crippen LogP contribution in [0.4, 0.5) is 17.3 Å². The van der Waals surface area contributed by atoms with Crippen LogP contribution >= 0.6 is 0 Å². The predicted molar refractivity (Wildman–Crippen MR) is 108 cm³/mol. The molecule has 0 fully saturated rings. The SMILES string of the molecule is CC(=O)c1cccc(Nc2nccc(C(=O)N3CCCc4ccccc43)n2)c1. The van der Waals surface area contributed by atoms with Gasteiger partial charge in [-0.3, -0.25) is 9.59 Å².